The topological polar surface area (TPSA) is 374 Å². The average Bonchev–Trinajstić information content (AvgIpc) is 3.12. The highest BCUT2D eigenvalue weighted by molar-refractivity contribution is 5.97. The quantitative estimate of drug-likeness (QED) is 0.0389. The summed E-state index contributed by atoms with van der Waals surface area (Å²) in [5.74, 6) is -10.8. The van der Waals surface area contributed by atoms with Gasteiger partial charge in [0.15, 0.2) is 0 Å². The van der Waals surface area contributed by atoms with Crippen LogP contribution in [0.1, 0.15) is 74.7 Å². The van der Waals surface area contributed by atoms with Crippen LogP contribution in [0.3, 0.4) is 0 Å². The van der Waals surface area contributed by atoms with Crippen molar-refractivity contribution in [3.05, 3.63) is 0 Å². The molecule has 0 aromatic carbocycles. The minimum atomic E-state index is -1.62. The summed E-state index contributed by atoms with van der Waals surface area (Å²) in [5, 5.41) is 56.5. The van der Waals surface area contributed by atoms with Gasteiger partial charge in [0.05, 0.1) is 31.8 Å². The molecule has 330 valence electrons. The Balaban J connectivity index is 5.47. The molecule has 0 aliphatic rings. The van der Waals surface area contributed by atoms with Crippen molar-refractivity contribution in [3.63, 3.8) is 0 Å². The smallest absolute Gasteiger partial charge is 0.326 e. The number of carbonyl (C=O) groups is 10. The van der Waals surface area contributed by atoms with Gasteiger partial charge < -0.3 is 68.7 Å². The summed E-state index contributed by atoms with van der Waals surface area (Å²) in [6.45, 7) is 10.2. The van der Waals surface area contributed by atoms with Gasteiger partial charge in [0.1, 0.15) is 36.3 Å². The highest BCUT2D eigenvalue weighted by Crippen LogP contribution is 2.09. The number of hydrogen-bond donors (Lipinski definition) is 13. The van der Waals surface area contributed by atoms with Crippen LogP contribution >= 0.6 is 0 Å². The maximum absolute atomic E-state index is 13.3. The van der Waals surface area contributed by atoms with Crippen LogP contribution in [0.4, 0.5) is 0 Å². The van der Waals surface area contributed by atoms with E-state index in [2.05, 4.69) is 42.5 Å². The predicted octanol–water partition coefficient (Wildman–Crippen LogP) is -4.84. The van der Waals surface area contributed by atoms with E-state index in [9.17, 15) is 58.2 Å². The zero-order valence-electron chi connectivity index (χ0n) is 34.0. The maximum Gasteiger partial charge on any atom is 0.326 e. The van der Waals surface area contributed by atoms with Crippen LogP contribution in [0.25, 0.3) is 0 Å². The van der Waals surface area contributed by atoms with Crippen molar-refractivity contribution < 1.29 is 68.4 Å². The Hall–Kier alpha value is -5.42. The molecule has 0 aromatic heterocycles. The van der Waals surface area contributed by atoms with Crippen LogP contribution in [0.15, 0.2) is 0 Å². The van der Waals surface area contributed by atoms with Crippen molar-refractivity contribution in [2.75, 3.05) is 19.7 Å². The molecule has 0 aliphatic heterocycles. The summed E-state index contributed by atoms with van der Waals surface area (Å²) in [6, 6.07) is -9.47. The molecule has 8 amide bonds. The second-order valence-corrected chi connectivity index (χ2v) is 14.8. The number of aliphatic hydroxyl groups excluding tert-OH is 2. The highest BCUT2D eigenvalue weighted by Gasteiger charge is 2.35. The third-order valence-corrected chi connectivity index (χ3v) is 8.39. The van der Waals surface area contributed by atoms with Gasteiger partial charge in [-0.1, -0.05) is 41.5 Å². The molecule has 0 radical (unpaired) electrons. The van der Waals surface area contributed by atoms with Gasteiger partial charge in [0.25, 0.3) is 0 Å². The fourth-order valence-electron chi connectivity index (χ4n) is 4.88. The molecule has 8 atom stereocenters. The zero-order valence-corrected chi connectivity index (χ0v) is 34.0. The maximum atomic E-state index is 13.3. The molecule has 0 saturated carbocycles. The first-order valence-electron chi connectivity index (χ1n) is 18.7. The number of nitrogens with two attached hydrogens (primary N) is 1. The third kappa shape index (κ3) is 19.6. The molecule has 0 unspecified atom stereocenters. The van der Waals surface area contributed by atoms with Gasteiger partial charge in [-0.15, -0.1) is 0 Å². The van der Waals surface area contributed by atoms with E-state index in [0.717, 1.165) is 0 Å². The second-order valence-electron chi connectivity index (χ2n) is 14.8. The first-order valence-corrected chi connectivity index (χ1v) is 18.7. The molecule has 0 spiro atoms. The number of aliphatic carboxylic acids is 2. The Morgan fingerprint density at radius 1 is 0.552 bits per heavy atom. The number of carboxylic acid groups (broad SMARTS) is 2. The molecule has 23 nitrogen and oxygen atoms in total. The molecule has 23 heteroatoms. The minimum absolute atomic E-state index is 0.0408. The van der Waals surface area contributed by atoms with Gasteiger partial charge in [0.2, 0.25) is 47.3 Å². The zero-order chi connectivity index (χ0) is 45.0. The standard InChI is InChI=1S/C35H61N9O14/c1-15(2)11-21(30(52)39-18(7)29(51)38-12-23(47)37-13-24(48)40-20(35(57)58)9-10-25(49)50)41-31(53)22(14-45)42-33(55)27(17(5)6)43-34(56)28(19(8)46)44-32(54)26(36)16(3)4/h15-22,26-28,45-46H,9-14,36H2,1-8H3,(H,37,47)(H,38,51)(H,39,52)(H,40,48)(H,41,53)(H,42,55)(H,43,56)(H,44,54)(H,49,50)(H,57,58)/t18-,19+,20-,21-,22-,26-,27-,28-/m0/s1. The summed E-state index contributed by atoms with van der Waals surface area (Å²) in [5.41, 5.74) is 5.85. The predicted molar refractivity (Wildman–Crippen MR) is 204 cm³/mol. The Morgan fingerprint density at radius 3 is 1.55 bits per heavy atom. The monoisotopic (exact) mass is 831 g/mol. The molecule has 14 N–H and O–H groups in total. The van der Waals surface area contributed by atoms with Gasteiger partial charge in [-0.25, -0.2) is 4.79 Å². The third-order valence-electron chi connectivity index (χ3n) is 8.39. The Kier molecular flexibility index (Phi) is 23.3. The van der Waals surface area contributed by atoms with Crippen LogP contribution in [0, 0.1) is 17.8 Å². The molecule has 58 heavy (non-hydrogen) atoms. The molecule has 0 saturated heterocycles. The minimum Gasteiger partial charge on any atom is -0.481 e. The number of carbonyl (C=O) groups excluding carboxylic acids is 8. The van der Waals surface area contributed by atoms with E-state index >= 15 is 0 Å². The van der Waals surface area contributed by atoms with Crippen molar-refractivity contribution in [1.29, 1.82) is 0 Å². The molecule has 0 heterocycles. The largest absolute Gasteiger partial charge is 0.481 e. The molecule has 0 aromatic rings. The summed E-state index contributed by atoms with van der Waals surface area (Å²) in [4.78, 5) is 124. The van der Waals surface area contributed by atoms with Crippen LogP contribution in [0.2, 0.25) is 0 Å². The van der Waals surface area contributed by atoms with Gasteiger partial charge >= 0.3 is 11.9 Å². The summed E-state index contributed by atoms with van der Waals surface area (Å²) < 4.78 is 0. The van der Waals surface area contributed by atoms with E-state index in [1.807, 2.05) is 0 Å². The number of rotatable bonds is 26. The fraction of sp³-hybridized carbons (Fsp3) is 0.714. The number of carboxylic acids is 2. The van der Waals surface area contributed by atoms with Crippen LogP contribution < -0.4 is 48.3 Å². The summed E-state index contributed by atoms with van der Waals surface area (Å²) >= 11 is 0. The second kappa shape index (κ2) is 25.8. The number of hydrogen-bond acceptors (Lipinski definition) is 13. The highest BCUT2D eigenvalue weighted by atomic mass is 16.4. The molecular weight excluding hydrogens is 770 g/mol. The molecule has 0 bridgehead atoms. The van der Waals surface area contributed by atoms with E-state index in [4.69, 9.17) is 15.9 Å². The number of nitrogens with one attached hydrogen (secondary N) is 8. The lowest BCUT2D eigenvalue weighted by Crippen LogP contribution is -2.62. The van der Waals surface area contributed by atoms with Gasteiger partial charge in [-0.3, -0.25) is 43.2 Å². The fourth-order valence-corrected chi connectivity index (χ4v) is 4.88. The SMILES string of the molecule is CC(C)C[C@H](NC(=O)[C@H](CO)NC(=O)[C@@H](NC(=O)[C@@H](NC(=O)[C@@H](N)C(C)C)[C@@H](C)O)C(C)C)C(=O)N[C@@H](C)C(=O)NCC(=O)NCC(=O)N[C@@H](CCC(=O)O)C(=O)O. The first-order chi connectivity index (χ1) is 26.8. The van der Waals surface area contributed by atoms with Crippen molar-refractivity contribution in [2.45, 2.75) is 123 Å². The molecular formula is C35H61N9O14. The van der Waals surface area contributed by atoms with Crippen molar-refractivity contribution in [2.24, 2.45) is 23.5 Å². The normalized spacial score (nSPS) is 15.3. The summed E-state index contributed by atoms with van der Waals surface area (Å²) in [6.07, 6.45) is -2.26. The Morgan fingerprint density at radius 2 is 1.07 bits per heavy atom. The number of aliphatic hydroxyl groups is 2. The van der Waals surface area contributed by atoms with Gasteiger partial charge in [-0.2, -0.15) is 0 Å². The van der Waals surface area contributed by atoms with Gasteiger partial charge in [0, 0.05) is 6.42 Å². The van der Waals surface area contributed by atoms with Crippen molar-refractivity contribution >= 4 is 59.2 Å². The van der Waals surface area contributed by atoms with E-state index < -0.39 is 146 Å². The Bertz CT molecular complexity index is 1470. The van der Waals surface area contributed by atoms with Crippen LogP contribution in [-0.4, -0.2) is 148 Å². The lowest BCUT2D eigenvalue weighted by molar-refractivity contribution is -0.143. The molecule has 0 aliphatic carbocycles. The summed E-state index contributed by atoms with van der Waals surface area (Å²) in [7, 11) is 0. The lowest BCUT2D eigenvalue weighted by atomic mass is 10.0. The van der Waals surface area contributed by atoms with Gasteiger partial charge in [-0.05, 0) is 44.4 Å². The number of amides is 8. The van der Waals surface area contributed by atoms with Crippen molar-refractivity contribution in [3.8, 4) is 0 Å². The molecule has 0 rings (SSSR count). The first kappa shape index (κ1) is 52.6. The lowest BCUT2D eigenvalue weighted by Gasteiger charge is -2.29. The molecule has 0 fully saturated rings. The van der Waals surface area contributed by atoms with E-state index in [1.54, 1.807) is 41.5 Å². The van der Waals surface area contributed by atoms with Crippen molar-refractivity contribution in [1.82, 2.24) is 42.5 Å². The van der Waals surface area contributed by atoms with E-state index in [-0.39, 0.29) is 18.3 Å². The van der Waals surface area contributed by atoms with E-state index in [1.165, 1.54) is 13.8 Å². The Labute approximate surface area is 336 Å². The van der Waals surface area contributed by atoms with Crippen LogP contribution in [0.5, 0.6) is 0 Å². The van der Waals surface area contributed by atoms with Crippen LogP contribution in [-0.2, 0) is 47.9 Å². The average molecular weight is 832 g/mol. The van der Waals surface area contributed by atoms with E-state index in [0.29, 0.717) is 0 Å².